The molecule has 3 rings (SSSR count). The maximum absolute atomic E-state index is 11.0. The average molecular weight is 203 g/mol. The number of hydrogen-bond donors (Lipinski definition) is 2. The minimum Gasteiger partial charge on any atom is -0.408 e. The maximum atomic E-state index is 11.0. The van der Waals surface area contributed by atoms with Gasteiger partial charge in [0.25, 0.3) is 0 Å². The van der Waals surface area contributed by atoms with Gasteiger partial charge in [-0.1, -0.05) is 6.92 Å². The summed E-state index contributed by atoms with van der Waals surface area (Å²) in [6, 6.07) is 3.60. The molecule has 0 amide bonds. The molecule has 5 nitrogen and oxygen atoms in total. The van der Waals surface area contributed by atoms with Crippen LogP contribution in [0.5, 0.6) is 0 Å². The zero-order valence-electron chi connectivity index (χ0n) is 8.13. The van der Waals surface area contributed by atoms with Gasteiger partial charge < -0.3 is 9.40 Å². The van der Waals surface area contributed by atoms with Gasteiger partial charge in [0.15, 0.2) is 5.58 Å². The van der Waals surface area contributed by atoms with Gasteiger partial charge in [-0.05, 0) is 6.07 Å². The van der Waals surface area contributed by atoms with Crippen LogP contribution in [0.1, 0.15) is 12.7 Å². The standard InChI is InChI=1S/C10H9N3O2/c1-2-9-11-5-3-7-8(4-6(5)12-9)15-10(14)13-7/h3-4H,2H2,1H3,(H,11,12)(H,13,14). The van der Waals surface area contributed by atoms with Gasteiger partial charge in [-0.2, -0.15) is 0 Å². The highest BCUT2D eigenvalue weighted by molar-refractivity contribution is 5.89. The number of oxazole rings is 1. The van der Waals surface area contributed by atoms with Gasteiger partial charge in [-0.15, -0.1) is 0 Å². The number of fused-ring (bicyclic) bond motifs is 2. The fraction of sp³-hybridized carbons (Fsp3) is 0.200. The minimum absolute atomic E-state index is 0.437. The highest BCUT2D eigenvalue weighted by Crippen LogP contribution is 2.18. The van der Waals surface area contributed by atoms with Gasteiger partial charge in [-0.3, -0.25) is 4.98 Å². The quantitative estimate of drug-likeness (QED) is 0.630. The predicted molar refractivity (Wildman–Crippen MR) is 55.9 cm³/mol. The van der Waals surface area contributed by atoms with Crippen LogP contribution in [-0.2, 0) is 6.42 Å². The topological polar surface area (TPSA) is 74.7 Å². The molecule has 0 bridgehead atoms. The van der Waals surface area contributed by atoms with E-state index >= 15 is 0 Å². The lowest BCUT2D eigenvalue weighted by Crippen LogP contribution is -1.92. The molecule has 2 aromatic heterocycles. The SMILES string of the molecule is CCc1nc2cc3oc(=O)[nH]c3cc2[nH]1. The summed E-state index contributed by atoms with van der Waals surface area (Å²) in [7, 11) is 0. The van der Waals surface area contributed by atoms with Crippen molar-refractivity contribution in [2.45, 2.75) is 13.3 Å². The Morgan fingerprint density at radius 3 is 3.00 bits per heavy atom. The molecule has 0 aliphatic carbocycles. The molecule has 76 valence electrons. The number of aryl methyl sites for hydroxylation is 1. The normalized spacial score (nSPS) is 11.5. The molecular weight excluding hydrogens is 194 g/mol. The van der Waals surface area contributed by atoms with Crippen LogP contribution < -0.4 is 5.76 Å². The zero-order valence-corrected chi connectivity index (χ0v) is 8.13. The molecule has 3 aromatic rings. The summed E-state index contributed by atoms with van der Waals surface area (Å²) in [5.74, 6) is 0.494. The second-order valence-corrected chi connectivity index (χ2v) is 3.42. The number of benzene rings is 1. The van der Waals surface area contributed by atoms with Crippen LogP contribution in [0.4, 0.5) is 0 Å². The predicted octanol–water partition coefficient (Wildman–Crippen LogP) is 1.56. The maximum Gasteiger partial charge on any atom is 0.417 e. The second-order valence-electron chi connectivity index (χ2n) is 3.42. The summed E-state index contributed by atoms with van der Waals surface area (Å²) in [4.78, 5) is 21.1. The van der Waals surface area contributed by atoms with Crippen LogP contribution in [0.25, 0.3) is 22.1 Å². The molecule has 0 unspecified atom stereocenters. The average Bonchev–Trinajstić information content (AvgIpc) is 2.74. The van der Waals surface area contributed by atoms with Crippen molar-refractivity contribution >= 4 is 22.1 Å². The van der Waals surface area contributed by atoms with Crippen molar-refractivity contribution in [3.05, 3.63) is 28.5 Å². The van der Waals surface area contributed by atoms with Crippen molar-refractivity contribution < 1.29 is 4.42 Å². The lowest BCUT2D eigenvalue weighted by atomic mass is 10.3. The van der Waals surface area contributed by atoms with Gasteiger partial charge in [-0.25, -0.2) is 9.78 Å². The smallest absolute Gasteiger partial charge is 0.408 e. The van der Waals surface area contributed by atoms with E-state index in [1.165, 1.54) is 0 Å². The molecule has 0 radical (unpaired) electrons. The van der Waals surface area contributed by atoms with Crippen LogP contribution in [0.3, 0.4) is 0 Å². The highest BCUT2D eigenvalue weighted by Gasteiger charge is 2.06. The third kappa shape index (κ3) is 1.16. The summed E-state index contributed by atoms with van der Waals surface area (Å²) in [6.45, 7) is 2.03. The third-order valence-electron chi connectivity index (χ3n) is 2.41. The molecule has 0 aliphatic heterocycles. The summed E-state index contributed by atoms with van der Waals surface area (Å²) in [5, 5.41) is 0. The molecule has 0 saturated heterocycles. The summed E-state index contributed by atoms with van der Waals surface area (Å²) in [5.41, 5.74) is 2.97. The molecule has 2 N–H and O–H groups in total. The van der Waals surface area contributed by atoms with Gasteiger partial charge in [0, 0.05) is 12.5 Å². The Labute approximate surface area is 84.1 Å². The number of aromatic nitrogens is 3. The molecule has 0 fully saturated rings. The van der Waals surface area contributed by atoms with E-state index < -0.39 is 5.76 Å². The second kappa shape index (κ2) is 2.73. The molecule has 0 spiro atoms. The molecule has 0 aliphatic rings. The van der Waals surface area contributed by atoms with Gasteiger partial charge in [0.2, 0.25) is 0 Å². The van der Waals surface area contributed by atoms with Crippen LogP contribution in [0, 0.1) is 0 Å². The first-order valence-electron chi connectivity index (χ1n) is 4.77. The highest BCUT2D eigenvalue weighted by atomic mass is 16.4. The van der Waals surface area contributed by atoms with E-state index in [-0.39, 0.29) is 0 Å². The van der Waals surface area contributed by atoms with Gasteiger partial charge >= 0.3 is 5.76 Å². The molecule has 2 heterocycles. The summed E-state index contributed by atoms with van der Waals surface area (Å²) >= 11 is 0. The van der Waals surface area contributed by atoms with Crippen LogP contribution >= 0.6 is 0 Å². The van der Waals surface area contributed by atoms with E-state index in [1.807, 2.05) is 13.0 Å². The minimum atomic E-state index is -0.437. The van der Waals surface area contributed by atoms with Crippen LogP contribution in [0.15, 0.2) is 21.3 Å². The van der Waals surface area contributed by atoms with Crippen molar-refractivity contribution in [1.29, 1.82) is 0 Å². The van der Waals surface area contributed by atoms with E-state index in [2.05, 4.69) is 15.0 Å². The molecule has 0 saturated carbocycles. The Morgan fingerprint density at radius 2 is 2.20 bits per heavy atom. The number of nitrogens with one attached hydrogen (secondary N) is 2. The van der Waals surface area contributed by atoms with E-state index in [1.54, 1.807) is 6.07 Å². The van der Waals surface area contributed by atoms with Crippen molar-refractivity contribution in [3.8, 4) is 0 Å². The lowest BCUT2D eigenvalue weighted by molar-refractivity contribution is 0.555. The third-order valence-corrected chi connectivity index (χ3v) is 2.41. The Kier molecular flexibility index (Phi) is 1.50. The zero-order chi connectivity index (χ0) is 10.4. The number of H-pyrrole nitrogens is 2. The van der Waals surface area contributed by atoms with Gasteiger partial charge in [0.05, 0.1) is 16.6 Å². The number of rotatable bonds is 1. The first-order chi connectivity index (χ1) is 7.26. The number of imidazole rings is 1. The number of nitrogens with zero attached hydrogens (tertiary/aromatic N) is 1. The summed E-state index contributed by atoms with van der Waals surface area (Å²) < 4.78 is 4.95. The first kappa shape index (κ1) is 8.28. The van der Waals surface area contributed by atoms with Crippen molar-refractivity contribution in [3.63, 3.8) is 0 Å². The van der Waals surface area contributed by atoms with Crippen molar-refractivity contribution in [2.75, 3.05) is 0 Å². The van der Waals surface area contributed by atoms with E-state index in [0.717, 1.165) is 23.3 Å². The van der Waals surface area contributed by atoms with E-state index in [4.69, 9.17) is 4.42 Å². The Balaban J connectivity index is 2.42. The van der Waals surface area contributed by atoms with E-state index in [9.17, 15) is 4.79 Å². The first-order valence-corrected chi connectivity index (χ1v) is 4.77. The van der Waals surface area contributed by atoms with Crippen LogP contribution in [0.2, 0.25) is 0 Å². The number of aromatic amines is 2. The van der Waals surface area contributed by atoms with Crippen molar-refractivity contribution in [2.24, 2.45) is 0 Å². The molecule has 15 heavy (non-hydrogen) atoms. The van der Waals surface area contributed by atoms with Gasteiger partial charge in [0.1, 0.15) is 5.82 Å². The number of hydrogen-bond acceptors (Lipinski definition) is 3. The summed E-state index contributed by atoms with van der Waals surface area (Å²) in [6.07, 6.45) is 0.854. The lowest BCUT2D eigenvalue weighted by Gasteiger charge is -1.86. The Hall–Kier alpha value is -2.04. The molecule has 0 atom stereocenters. The van der Waals surface area contributed by atoms with E-state index in [0.29, 0.717) is 11.1 Å². The largest absolute Gasteiger partial charge is 0.417 e. The molecular formula is C10H9N3O2. The fourth-order valence-electron chi connectivity index (χ4n) is 1.68. The Bertz CT molecular complexity index is 635. The van der Waals surface area contributed by atoms with Crippen molar-refractivity contribution in [1.82, 2.24) is 15.0 Å². The molecule has 5 heteroatoms. The molecule has 1 aromatic carbocycles. The Morgan fingerprint density at radius 1 is 1.33 bits per heavy atom. The van der Waals surface area contributed by atoms with Crippen LogP contribution in [-0.4, -0.2) is 15.0 Å². The fourth-order valence-corrected chi connectivity index (χ4v) is 1.68. The monoisotopic (exact) mass is 203 g/mol.